The zero-order valence-electron chi connectivity index (χ0n) is 15.2. The van der Waals surface area contributed by atoms with Crippen LogP contribution in [0.1, 0.15) is 18.9 Å². The first kappa shape index (κ1) is 20.0. The van der Waals surface area contributed by atoms with Gasteiger partial charge in [-0.2, -0.15) is 0 Å². The van der Waals surface area contributed by atoms with Gasteiger partial charge in [0.15, 0.2) is 0 Å². The molecule has 0 saturated carbocycles. The lowest BCUT2D eigenvalue weighted by Gasteiger charge is -2.21. The summed E-state index contributed by atoms with van der Waals surface area (Å²) in [7, 11) is 5.56. The number of carbonyl (C=O) groups excluding carboxylic acids is 2. The lowest BCUT2D eigenvalue weighted by atomic mass is 10.1. The molecule has 0 aliphatic carbocycles. The topological polar surface area (TPSA) is 61.9 Å². The van der Waals surface area contributed by atoms with E-state index in [0.29, 0.717) is 26.1 Å². The molecule has 0 spiro atoms. The van der Waals surface area contributed by atoms with Crippen LogP contribution in [-0.4, -0.2) is 69.0 Å². The summed E-state index contributed by atoms with van der Waals surface area (Å²) in [6, 6.07) is 7.80. The zero-order chi connectivity index (χ0) is 17.9. The zero-order valence-corrected chi connectivity index (χ0v) is 15.2. The molecule has 0 aliphatic heterocycles. The van der Waals surface area contributed by atoms with Crippen molar-refractivity contribution >= 4 is 11.8 Å². The molecule has 0 atom stereocenters. The van der Waals surface area contributed by atoms with Gasteiger partial charge in [0, 0.05) is 39.5 Å². The molecular formula is C18H29N3O3. The Balaban J connectivity index is 2.41. The largest absolute Gasteiger partial charge is 0.497 e. The second kappa shape index (κ2) is 10.6. The Labute approximate surface area is 144 Å². The molecule has 0 aliphatic rings. The maximum absolute atomic E-state index is 11.8. The molecule has 134 valence electrons. The van der Waals surface area contributed by atoms with Crippen LogP contribution < -0.4 is 10.1 Å². The van der Waals surface area contributed by atoms with Crippen LogP contribution in [0.3, 0.4) is 0 Å². The van der Waals surface area contributed by atoms with Crippen LogP contribution in [0.15, 0.2) is 24.3 Å². The number of carbonyl (C=O) groups is 2. The molecule has 0 bridgehead atoms. The number of methoxy groups -OCH3 is 1. The minimum atomic E-state index is -0.0236. The quantitative estimate of drug-likeness (QED) is 0.697. The monoisotopic (exact) mass is 335 g/mol. The van der Waals surface area contributed by atoms with Gasteiger partial charge in [0.25, 0.3) is 0 Å². The van der Waals surface area contributed by atoms with E-state index in [1.54, 1.807) is 12.0 Å². The lowest BCUT2D eigenvalue weighted by molar-refractivity contribution is -0.129. The van der Waals surface area contributed by atoms with E-state index in [1.165, 1.54) is 6.92 Å². The van der Waals surface area contributed by atoms with Gasteiger partial charge in [-0.3, -0.25) is 9.59 Å². The number of rotatable bonds is 10. The maximum Gasteiger partial charge on any atom is 0.221 e. The van der Waals surface area contributed by atoms with Crippen molar-refractivity contribution in [1.29, 1.82) is 0 Å². The SMILES string of the molecule is COc1cccc(CCN(CCC(=O)NCCN(C)C)C(C)=O)c1. The number of benzene rings is 1. The van der Waals surface area contributed by atoms with Crippen LogP contribution in [0.5, 0.6) is 5.75 Å². The fraction of sp³-hybridized carbons (Fsp3) is 0.556. The van der Waals surface area contributed by atoms with Crippen molar-refractivity contribution in [3.63, 3.8) is 0 Å². The van der Waals surface area contributed by atoms with E-state index in [2.05, 4.69) is 5.32 Å². The fourth-order valence-corrected chi connectivity index (χ4v) is 2.26. The van der Waals surface area contributed by atoms with Gasteiger partial charge in [0.2, 0.25) is 11.8 Å². The highest BCUT2D eigenvalue weighted by molar-refractivity contribution is 5.78. The average molecular weight is 335 g/mol. The van der Waals surface area contributed by atoms with Crippen molar-refractivity contribution in [2.75, 3.05) is 47.4 Å². The number of amides is 2. The third kappa shape index (κ3) is 7.97. The van der Waals surface area contributed by atoms with E-state index in [4.69, 9.17) is 4.74 Å². The number of hydrogen-bond acceptors (Lipinski definition) is 4. The van der Waals surface area contributed by atoms with Crippen LogP contribution >= 0.6 is 0 Å². The summed E-state index contributed by atoms with van der Waals surface area (Å²) in [5.41, 5.74) is 1.11. The van der Waals surface area contributed by atoms with E-state index in [0.717, 1.165) is 24.3 Å². The molecule has 6 heteroatoms. The molecule has 1 rings (SSSR count). The molecule has 0 aromatic heterocycles. The molecule has 0 saturated heterocycles. The summed E-state index contributed by atoms with van der Waals surface area (Å²) < 4.78 is 5.21. The first-order chi connectivity index (χ1) is 11.4. The minimum absolute atomic E-state index is 0.0148. The first-order valence-electron chi connectivity index (χ1n) is 8.22. The molecule has 0 heterocycles. The summed E-state index contributed by atoms with van der Waals surface area (Å²) in [4.78, 5) is 27.3. The van der Waals surface area contributed by atoms with Crippen LogP contribution in [0.4, 0.5) is 0 Å². The summed E-state index contributed by atoms with van der Waals surface area (Å²) in [5, 5.41) is 2.86. The number of likely N-dealkylation sites (N-methyl/N-ethyl adjacent to an activating group) is 1. The Morgan fingerprint density at radius 2 is 1.92 bits per heavy atom. The van der Waals surface area contributed by atoms with Gasteiger partial charge >= 0.3 is 0 Å². The molecule has 1 N–H and O–H groups in total. The van der Waals surface area contributed by atoms with Gasteiger partial charge in [0.1, 0.15) is 5.75 Å². The van der Waals surface area contributed by atoms with E-state index in [9.17, 15) is 9.59 Å². The number of nitrogens with one attached hydrogen (secondary N) is 1. The van der Waals surface area contributed by atoms with Gasteiger partial charge < -0.3 is 19.9 Å². The van der Waals surface area contributed by atoms with E-state index in [-0.39, 0.29) is 11.8 Å². The molecule has 1 aromatic rings. The molecule has 1 aromatic carbocycles. The number of nitrogens with zero attached hydrogens (tertiary/aromatic N) is 2. The van der Waals surface area contributed by atoms with E-state index < -0.39 is 0 Å². The second-order valence-electron chi connectivity index (χ2n) is 6.01. The lowest BCUT2D eigenvalue weighted by Crippen LogP contribution is -2.36. The molecule has 2 amide bonds. The third-order valence-electron chi connectivity index (χ3n) is 3.74. The maximum atomic E-state index is 11.8. The van der Waals surface area contributed by atoms with Gasteiger partial charge in [-0.1, -0.05) is 12.1 Å². The number of hydrogen-bond donors (Lipinski definition) is 1. The van der Waals surface area contributed by atoms with Crippen molar-refractivity contribution in [2.24, 2.45) is 0 Å². The summed E-state index contributed by atoms with van der Waals surface area (Å²) in [5.74, 6) is 0.769. The van der Waals surface area contributed by atoms with Gasteiger partial charge in [-0.15, -0.1) is 0 Å². The van der Waals surface area contributed by atoms with Crippen molar-refractivity contribution in [3.05, 3.63) is 29.8 Å². The standard InChI is InChI=1S/C18H29N3O3/c1-15(22)21(12-9-18(23)19-10-13-20(2)3)11-8-16-6-5-7-17(14-16)24-4/h5-7,14H,8-13H2,1-4H3,(H,19,23). The molecule has 0 fully saturated rings. The van der Waals surface area contributed by atoms with E-state index >= 15 is 0 Å². The van der Waals surface area contributed by atoms with Crippen LogP contribution in [0.25, 0.3) is 0 Å². The van der Waals surface area contributed by atoms with Crippen LogP contribution in [0.2, 0.25) is 0 Å². The fourth-order valence-electron chi connectivity index (χ4n) is 2.26. The molecule has 0 unspecified atom stereocenters. The van der Waals surface area contributed by atoms with Crippen molar-refractivity contribution in [2.45, 2.75) is 19.8 Å². The van der Waals surface area contributed by atoms with Crippen LogP contribution in [0, 0.1) is 0 Å². The van der Waals surface area contributed by atoms with Crippen molar-refractivity contribution in [3.8, 4) is 5.75 Å². The normalized spacial score (nSPS) is 10.5. The summed E-state index contributed by atoms with van der Waals surface area (Å²) >= 11 is 0. The molecular weight excluding hydrogens is 306 g/mol. The number of ether oxygens (including phenoxy) is 1. The Hall–Kier alpha value is -2.08. The van der Waals surface area contributed by atoms with E-state index in [1.807, 2.05) is 43.3 Å². The smallest absolute Gasteiger partial charge is 0.221 e. The summed E-state index contributed by atoms with van der Waals surface area (Å²) in [6.07, 6.45) is 1.06. The predicted octanol–water partition coefficient (Wildman–Crippen LogP) is 1.15. The Kier molecular flexibility index (Phi) is 8.86. The van der Waals surface area contributed by atoms with Gasteiger partial charge in [0.05, 0.1) is 7.11 Å². The van der Waals surface area contributed by atoms with Crippen LogP contribution in [-0.2, 0) is 16.0 Å². The highest BCUT2D eigenvalue weighted by Crippen LogP contribution is 2.13. The van der Waals surface area contributed by atoms with Gasteiger partial charge in [-0.05, 0) is 38.2 Å². The van der Waals surface area contributed by atoms with Gasteiger partial charge in [-0.25, -0.2) is 0 Å². The first-order valence-corrected chi connectivity index (χ1v) is 8.22. The predicted molar refractivity (Wildman–Crippen MR) is 95.1 cm³/mol. The van der Waals surface area contributed by atoms with Crippen molar-refractivity contribution in [1.82, 2.24) is 15.1 Å². The highest BCUT2D eigenvalue weighted by atomic mass is 16.5. The Morgan fingerprint density at radius 3 is 2.54 bits per heavy atom. The minimum Gasteiger partial charge on any atom is -0.497 e. The average Bonchev–Trinajstić information content (AvgIpc) is 2.54. The molecule has 0 radical (unpaired) electrons. The highest BCUT2D eigenvalue weighted by Gasteiger charge is 2.11. The Bertz CT molecular complexity index is 532. The summed E-state index contributed by atoms with van der Waals surface area (Å²) in [6.45, 7) is 3.99. The Morgan fingerprint density at radius 1 is 1.17 bits per heavy atom. The third-order valence-corrected chi connectivity index (χ3v) is 3.74. The second-order valence-corrected chi connectivity index (χ2v) is 6.01. The van der Waals surface area contributed by atoms with Crippen molar-refractivity contribution < 1.29 is 14.3 Å². The molecule has 24 heavy (non-hydrogen) atoms. The molecule has 6 nitrogen and oxygen atoms in total.